The number of aliphatic hydroxyl groups is 1. The topological polar surface area (TPSA) is 125 Å². The summed E-state index contributed by atoms with van der Waals surface area (Å²) in [5, 5.41) is 21.3. The van der Waals surface area contributed by atoms with E-state index in [4.69, 9.17) is 14.6 Å². The molecule has 1 atom stereocenters. The van der Waals surface area contributed by atoms with Crippen LogP contribution in [0.2, 0.25) is 0 Å². The maximum absolute atomic E-state index is 12.6. The highest BCUT2D eigenvalue weighted by Crippen LogP contribution is 2.44. The van der Waals surface area contributed by atoms with E-state index in [-0.39, 0.29) is 32.2 Å². The van der Waals surface area contributed by atoms with Gasteiger partial charge in [0.05, 0.1) is 19.7 Å². The van der Waals surface area contributed by atoms with E-state index in [2.05, 4.69) is 5.32 Å². The Kier molecular flexibility index (Phi) is 5.86. The van der Waals surface area contributed by atoms with Gasteiger partial charge in [0.15, 0.2) is 5.60 Å². The lowest BCUT2D eigenvalue weighted by Gasteiger charge is -2.44. The summed E-state index contributed by atoms with van der Waals surface area (Å²) < 4.78 is 10.5. The highest BCUT2D eigenvalue weighted by Gasteiger charge is 2.51. The van der Waals surface area contributed by atoms with Gasteiger partial charge in [-0.05, 0) is 22.3 Å². The van der Waals surface area contributed by atoms with Crippen LogP contribution in [0.3, 0.4) is 0 Å². The Morgan fingerprint density at radius 2 is 1.66 bits per heavy atom. The number of hydrogen-bond donors (Lipinski definition) is 3. The first-order chi connectivity index (χ1) is 15.3. The number of carbonyl (C=O) groups is 3. The second-order valence-corrected chi connectivity index (χ2v) is 8.01. The van der Waals surface area contributed by atoms with Crippen molar-refractivity contribution in [3.63, 3.8) is 0 Å². The number of benzene rings is 2. The molecule has 0 aromatic heterocycles. The van der Waals surface area contributed by atoms with Crippen molar-refractivity contribution in [1.82, 2.24) is 10.2 Å². The van der Waals surface area contributed by atoms with Crippen LogP contribution >= 0.6 is 0 Å². The minimum atomic E-state index is -1.96. The van der Waals surface area contributed by atoms with Crippen LogP contribution in [-0.2, 0) is 19.1 Å². The fourth-order valence-corrected chi connectivity index (χ4v) is 4.22. The molecule has 4 rings (SSSR count). The molecule has 0 bridgehead atoms. The van der Waals surface area contributed by atoms with E-state index in [1.54, 1.807) is 0 Å². The van der Waals surface area contributed by atoms with Crippen molar-refractivity contribution < 1.29 is 34.1 Å². The first-order valence-corrected chi connectivity index (χ1v) is 10.2. The van der Waals surface area contributed by atoms with Crippen molar-refractivity contribution in [2.24, 2.45) is 0 Å². The number of nitrogens with zero attached hydrogens (tertiary/aromatic N) is 1. The molecule has 32 heavy (non-hydrogen) atoms. The van der Waals surface area contributed by atoms with Crippen molar-refractivity contribution in [3.8, 4) is 11.1 Å². The van der Waals surface area contributed by atoms with E-state index >= 15 is 0 Å². The number of nitrogens with one attached hydrogen (secondary N) is 1. The smallest absolute Gasteiger partial charge is 0.407 e. The van der Waals surface area contributed by atoms with Gasteiger partial charge in [-0.2, -0.15) is 0 Å². The number of carboxylic acid groups (broad SMARTS) is 1. The van der Waals surface area contributed by atoms with Crippen LogP contribution in [0, 0.1) is 0 Å². The molecule has 0 saturated carbocycles. The highest BCUT2D eigenvalue weighted by atomic mass is 16.5. The maximum atomic E-state index is 12.6. The average Bonchev–Trinajstić information content (AvgIpc) is 3.08. The van der Waals surface area contributed by atoms with E-state index in [9.17, 15) is 19.5 Å². The van der Waals surface area contributed by atoms with Gasteiger partial charge in [0.25, 0.3) is 0 Å². The van der Waals surface area contributed by atoms with Gasteiger partial charge < -0.3 is 29.9 Å². The van der Waals surface area contributed by atoms with Crippen LogP contribution in [0.1, 0.15) is 17.0 Å². The maximum Gasteiger partial charge on any atom is 0.407 e. The molecular weight excluding hydrogens is 416 g/mol. The molecule has 1 heterocycles. The molecule has 0 spiro atoms. The minimum Gasteiger partial charge on any atom is -0.479 e. The summed E-state index contributed by atoms with van der Waals surface area (Å²) in [5.41, 5.74) is 2.39. The van der Waals surface area contributed by atoms with Crippen LogP contribution in [0.5, 0.6) is 0 Å². The zero-order valence-electron chi connectivity index (χ0n) is 17.5. The van der Waals surface area contributed by atoms with E-state index in [1.165, 1.54) is 7.11 Å². The van der Waals surface area contributed by atoms with Gasteiger partial charge >= 0.3 is 12.1 Å². The number of carboxylic acids is 1. The van der Waals surface area contributed by atoms with Crippen molar-refractivity contribution in [2.45, 2.75) is 17.6 Å². The summed E-state index contributed by atoms with van der Waals surface area (Å²) in [6, 6.07) is 14.8. The Balaban J connectivity index is 1.39. The predicted octanol–water partition coefficient (Wildman–Crippen LogP) is 1.20. The second-order valence-electron chi connectivity index (χ2n) is 8.01. The van der Waals surface area contributed by atoms with E-state index in [0.29, 0.717) is 0 Å². The fourth-order valence-electron chi connectivity index (χ4n) is 4.22. The third kappa shape index (κ3) is 3.92. The Morgan fingerprint density at radius 3 is 2.19 bits per heavy atom. The lowest BCUT2D eigenvalue weighted by Crippen LogP contribution is -2.70. The molecule has 168 valence electrons. The molecule has 1 unspecified atom stereocenters. The summed E-state index contributed by atoms with van der Waals surface area (Å²) >= 11 is 0. The molecule has 1 saturated heterocycles. The molecular formula is C23H24N2O7. The molecule has 9 nitrogen and oxygen atoms in total. The average molecular weight is 440 g/mol. The van der Waals surface area contributed by atoms with Crippen LogP contribution in [0.25, 0.3) is 11.1 Å². The van der Waals surface area contributed by atoms with Crippen LogP contribution in [-0.4, -0.2) is 78.1 Å². The number of aliphatic carboxylic acids is 1. The number of fused-ring (bicyclic) bond motifs is 3. The first kappa shape index (κ1) is 21.8. The molecule has 2 amide bonds. The molecule has 1 aliphatic heterocycles. The first-order valence-electron chi connectivity index (χ1n) is 10.2. The highest BCUT2D eigenvalue weighted by molar-refractivity contribution is 5.90. The van der Waals surface area contributed by atoms with Gasteiger partial charge in [-0.25, -0.2) is 9.59 Å². The zero-order valence-corrected chi connectivity index (χ0v) is 17.5. The fraction of sp³-hybridized carbons (Fsp3) is 0.348. The molecule has 1 fully saturated rings. The number of methoxy groups -OCH3 is 1. The number of amides is 2. The van der Waals surface area contributed by atoms with Gasteiger partial charge in [-0.3, -0.25) is 4.79 Å². The van der Waals surface area contributed by atoms with Crippen molar-refractivity contribution in [3.05, 3.63) is 59.7 Å². The summed E-state index contributed by atoms with van der Waals surface area (Å²) in [5.74, 6) is -2.06. The van der Waals surface area contributed by atoms with Crippen LogP contribution < -0.4 is 5.32 Å². The monoisotopic (exact) mass is 440 g/mol. The van der Waals surface area contributed by atoms with E-state index in [0.717, 1.165) is 27.2 Å². The molecule has 2 aromatic carbocycles. The van der Waals surface area contributed by atoms with E-state index in [1.807, 2.05) is 48.5 Å². The Bertz CT molecular complexity index is 1000. The Morgan fingerprint density at radius 1 is 1.09 bits per heavy atom. The summed E-state index contributed by atoms with van der Waals surface area (Å²) in [6.07, 6.45) is -0.781. The largest absolute Gasteiger partial charge is 0.479 e. The van der Waals surface area contributed by atoms with Crippen molar-refractivity contribution >= 4 is 18.0 Å². The summed E-state index contributed by atoms with van der Waals surface area (Å²) in [7, 11) is 1.38. The third-order valence-corrected chi connectivity index (χ3v) is 5.88. The normalized spacial score (nSPS) is 17.0. The summed E-state index contributed by atoms with van der Waals surface area (Å²) in [6.45, 7) is -0.733. The van der Waals surface area contributed by atoms with Crippen LogP contribution in [0.15, 0.2) is 48.5 Å². The summed E-state index contributed by atoms with van der Waals surface area (Å²) in [4.78, 5) is 37.3. The van der Waals surface area contributed by atoms with Gasteiger partial charge in [0.2, 0.25) is 5.91 Å². The van der Waals surface area contributed by atoms with Crippen LogP contribution in [0.4, 0.5) is 4.79 Å². The number of alkyl carbamates (subject to hydrolysis) is 1. The Hall–Kier alpha value is -3.43. The van der Waals surface area contributed by atoms with Gasteiger partial charge in [-0.15, -0.1) is 0 Å². The quantitative estimate of drug-likeness (QED) is 0.591. The molecule has 2 aromatic rings. The Labute approximate surface area is 184 Å². The predicted molar refractivity (Wildman–Crippen MR) is 113 cm³/mol. The number of likely N-dealkylation sites (tertiary alicyclic amines) is 1. The van der Waals surface area contributed by atoms with Gasteiger partial charge in [0, 0.05) is 13.0 Å². The molecule has 9 heteroatoms. The van der Waals surface area contributed by atoms with Gasteiger partial charge in [-0.1, -0.05) is 48.5 Å². The van der Waals surface area contributed by atoms with Crippen molar-refractivity contribution in [1.29, 1.82) is 0 Å². The standard InChI is InChI=1S/C23H24N2O7/c1-31-11-19(20(26)25-12-23(30,13-25)21(27)28)24-22(29)32-10-18-16-8-4-2-6-14(16)15-7-3-5-9-17(15)18/h2-9,18-19,30H,10-13H2,1H3,(H,24,29)(H,27,28). The lowest BCUT2D eigenvalue weighted by molar-refractivity contribution is -0.183. The lowest BCUT2D eigenvalue weighted by atomic mass is 9.93. The molecule has 2 aliphatic rings. The number of carbonyl (C=O) groups excluding carboxylic acids is 2. The van der Waals surface area contributed by atoms with Crippen molar-refractivity contribution in [2.75, 3.05) is 33.4 Å². The number of rotatable bonds is 7. The molecule has 3 N–H and O–H groups in total. The third-order valence-electron chi connectivity index (χ3n) is 5.88. The molecule has 1 aliphatic carbocycles. The molecule has 0 radical (unpaired) electrons. The second kappa shape index (κ2) is 8.60. The number of β-amino-alcohol motifs (C(OH)–C–C–N with tert-alkyl or cyclic N) is 1. The number of ether oxygens (including phenoxy) is 2. The zero-order chi connectivity index (χ0) is 22.9. The SMILES string of the molecule is COCC(NC(=O)OCC1c2ccccc2-c2ccccc21)C(=O)N1CC(O)(C(=O)O)C1. The number of hydrogen-bond acceptors (Lipinski definition) is 6. The van der Waals surface area contributed by atoms with E-state index < -0.39 is 29.6 Å². The van der Waals surface area contributed by atoms with Gasteiger partial charge in [0.1, 0.15) is 12.6 Å². The minimum absolute atomic E-state index is 0.0935.